The molecule has 0 bridgehead atoms. The Bertz CT molecular complexity index is 634. The van der Waals surface area contributed by atoms with E-state index in [4.69, 9.17) is 9.47 Å². The van der Waals surface area contributed by atoms with Gasteiger partial charge in [-0.15, -0.1) is 0 Å². The Hall–Kier alpha value is -1.10. The SMILES string of the molecule is CCCCCCCCCCCCCCCCCCCCC(=O)OC[C@H](CO)OC(=O)CCCCCCCCCCCCCC(C)C. The number of esters is 2. The molecule has 0 aliphatic heterocycles. The molecule has 0 saturated carbocycles. The number of hydrogen-bond acceptors (Lipinski definition) is 5. The van der Waals surface area contributed by atoms with Gasteiger partial charge in [-0.1, -0.05) is 201 Å². The maximum Gasteiger partial charge on any atom is 0.306 e. The number of hydrogen-bond donors (Lipinski definition) is 1. The summed E-state index contributed by atoms with van der Waals surface area (Å²) in [5.41, 5.74) is 0. The minimum absolute atomic E-state index is 0.0577. The highest BCUT2D eigenvalue weighted by Gasteiger charge is 2.16. The summed E-state index contributed by atoms with van der Waals surface area (Å²) < 4.78 is 10.6. The lowest BCUT2D eigenvalue weighted by Gasteiger charge is -2.15. The predicted molar refractivity (Wildman–Crippen MR) is 196 cm³/mol. The second kappa shape index (κ2) is 36.7. The number of rotatable bonds is 37. The van der Waals surface area contributed by atoms with Crippen molar-refractivity contribution >= 4 is 11.9 Å². The van der Waals surface area contributed by atoms with Crippen molar-refractivity contribution in [1.82, 2.24) is 0 Å². The van der Waals surface area contributed by atoms with Gasteiger partial charge < -0.3 is 14.6 Å². The molecule has 0 unspecified atom stereocenters. The molecule has 1 atom stereocenters. The van der Waals surface area contributed by atoms with Gasteiger partial charge in [-0.25, -0.2) is 0 Å². The molecule has 1 N–H and O–H groups in total. The van der Waals surface area contributed by atoms with Gasteiger partial charge in [0.25, 0.3) is 0 Å². The van der Waals surface area contributed by atoms with E-state index in [1.54, 1.807) is 0 Å². The first-order valence-corrected chi connectivity index (χ1v) is 20.5. The summed E-state index contributed by atoms with van der Waals surface area (Å²) in [6.07, 6.45) is 38.8. The molecule has 46 heavy (non-hydrogen) atoms. The van der Waals surface area contributed by atoms with Crippen LogP contribution >= 0.6 is 0 Å². The number of aliphatic hydroxyl groups excluding tert-OH is 1. The zero-order valence-electron chi connectivity index (χ0n) is 31.3. The average Bonchev–Trinajstić information content (AvgIpc) is 3.04. The molecule has 0 aromatic heterocycles. The summed E-state index contributed by atoms with van der Waals surface area (Å²) >= 11 is 0. The van der Waals surface area contributed by atoms with Crippen molar-refractivity contribution in [2.45, 2.75) is 232 Å². The summed E-state index contributed by atoms with van der Waals surface area (Å²) in [5, 5.41) is 9.55. The minimum atomic E-state index is -0.762. The molecule has 0 aromatic rings. The molecule has 274 valence electrons. The third-order valence-electron chi connectivity index (χ3n) is 9.33. The van der Waals surface area contributed by atoms with Crippen molar-refractivity contribution in [3.8, 4) is 0 Å². The maximum atomic E-state index is 12.2. The van der Waals surface area contributed by atoms with E-state index in [0.29, 0.717) is 12.8 Å². The minimum Gasteiger partial charge on any atom is -0.462 e. The van der Waals surface area contributed by atoms with Crippen LogP contribution in [0.25, 0.3) is 0 Å². The Morgan fingerprint density at radius 1 is 0.478 bits per heavy atom. The van der Waals surface area contributed by atoms with Crippen LogP contribution in [0.3, 0.4) is 0 Å². The maximum absolute atomic E-state index is 12.2. The fourth-order valence-electron chi connectivity index (χ4n) is 6.21. The van der Waals surface area contributed by atoms with Crippen LogP contribution in [0.1, 0.15) is 226 Å². The first-order chi connectivity index (χ1) is 22.5. The van der Waals surface area contributed by atoms with E-state index in [2.05, 4.69) is 20.8 Å². The van der Waals surface area contributed by atoms with Crippen LogP contribution in [-0.2, 0) is 19.1 Å². The van der Waals surface area contributed by atoms with Crippen molar-refractivity contribution in [3.63, 3.8) is 0 Å². The summed E-state index contributed by atoms with van der Waals surface area (Å²) in [4.78, 5) is 24.3. The van der Waals surface area contributed by atoms with Gasteiger partial charge >= 0.3 is 11.9 Å². The van der Waals surface area contributed by atoms with Crippen molar-refractivity contribution < 1.29 is 24.2 Å². The zero-order valence-corrected chi connectivity index (χ0v) is 31.3. The molecule has 0 heterocycles. The Labute approximate surface area is 287 Å². The van der Waals surface area contributed by atoms with Gasteiger partial charge in [0.05, 0.1) is 6.61 Å². The summed E-state index contributed by atoms with van der Waals surface area (Å²) in [7, 11) is 0. The number of ether oxygens (including phenoxy) is 2. The van der Waals surface area contributed by atoms with E-state index in [1.807, 2.05) is 0 Å². The summed E-state index contributed by atoms with van der Waals surface area (Å²) in [5.74, 6) is 0.258. The summed E-state index contributed by atoms with van der Waals surface area (Å²) in [6.45, 7) is 6.51. The molecule has 0 saturated heterocycles. The van der Waals surface area contributed by atoms with Gasteiger partial charge in [0.15, 0.2) is 6.10 Å². The molecule has 0 spiro atoms. The number of carbonyl (C=O) groups is 2. The fourth-order valence-corrected chi connectivity index (χ4v) is 6.21. The highest BCUT2D eigenvalue weighted by molar-refractivity contribution is 5.70. The molecule has 5 heteroatoms. The molecule has 0 fully saturated rings. The van der Waals surface area contributed by atoms with E-state index in [9.17, 15) is 14.7 Å². The van der Waals surface area contributed by atoms with Crippen LogP contribution < -0.4 is 0 Å². The largest absolute Gasteiger partial charge is 0.462 e. The van der Waals surface area contributed by atoms with Crippen molar-refractivity contribution in [3.05, 3.63) is 0 Å². The first kappa shape index (κ1) is 44.9. The molecule has 0 aromatic carbocycles. The Morgan fingerprint density at radius 3 is 1.15 bits per heavy atom. The second-order valence-electron chi connectivity index (χ2n) is 14.6. The smallest absolute Gasteiger partial charge is 0.306 e. The molecular formula is C41H80O5. The monoisotopic (exact) mass is 653 g/mol. The lowest BCUT2D eigenvalue weighted by atomic mass is 10.0. The molecule has 0 radical (unpaired) electrons. The second-order valence-corrected chi connectivity index (χ2v) is 14.6. The van der Waals surface area contributed by atoms with E-state index >= 15 is 0 Å². The molecule has 0 amide bonds. The third kappa shape index (κ3) is 35.7. The fraction of sp³-hybridized carbons (Fsp3) is 0.951. The quantitative estimate of drug-likeness (QED) is 0.0534. The van der Waals surface area contributed by atoms with E-state index in [-0.39, 0.29) is 25.2 Å². The van der Waals surface area contributed by atoms with Crippen LogP contribution in [0, 0.1) is 5.92 Å². The van der Waals surface area contributed by atoms with Crippen molar-refractivity contribution in [1.29, 1.82) is 0 Å². The Morgan fingerprint density at radius 2 is 0.804 bits per heavy atom. The van der Waals surface area contributed by atoms with Crippen LogP contribution in [0.4, 0.5) is 0 Å². The van der Waals surface area contributed by atoms with Gasteiger partial charge in [0.1, 0.15) is 6.61 Å². The lowest BCUT2D eigenvalue weighted by Crippen LogP contribution is -2.28. The van der Waals surface area contributed by atoms with Gasteiger partial charge in [-0.3, -0.25) is 9.59 Å². The summed E-state index contributed by atoms with van der Waals surface area (Å²) in [6, 6.07) is 0. The zero-order chi connectivity index (χ0) is 33.8. The van der Waals surface area contributed by atoms with Gasteiger partial charge in [-0.05, 0) is 18.8 Å². The average molecular weight is 653 g/mol. The van der Waals surface area contributed by atoms with Gasteiger partial charge in [0.2, 0.25) is 0 Å². The van der Waals surface area contributed by atoms with E-state index in [1.165, 1.54) is 161 Å². The van der Waals surface area contributed by atoms with Crippen LogP contribution in [0.15, 0.2) is 0 Å². The van der Waals surface area contributed by atoms with Crippen LogP contribution in [0.2, 0.25) is 0 Å². The van der Waals surface area contributed by atoms with Crippen LogP contribution in [-0.4, -0.2) is 36.4 Å². The van der Waals surface area contributed by atoms with Crippen molar-refractivity contribution in [2.24, 2.45) is 5.92 Å². The number of unbranched alkanes of at least 4 members (excludes halogenated alkanes) is 27. The van der Waals surface area contributed by atoms with Crippen molar-refractivity contribution in [2.75, 3.05) is 13.2 Å². The Balaban J connectivity index is 3.48. The molecule has 0 aliphatic rings. The van der Waals surface area contributed by atoms with Gasteiger partial charge in [0, 0.05) is 12.8 Å². The normalized spacial score (nSPS) is 12.1. The first-order valence-electron chi connectivity index (χ1n) is 20.5. The Kier molecular flexibility index (Phi) is 35.9. The lowest BCUT2D eigenvalue weighted by molar-refractivity contribution is -0.161. The van der Waals surface area contributed by atoms with Crippen LogP contribution in [0.5, 0.6) is 0 Å². The third-order valence-corrected chi connectivity index (χ3v) is 9.33. The number of aliphatic hydroxyl groups is 1. The highest BCUT2D eigenvalue weighted by Crippen LogP contribution is 2.16. The number of carbonyl (C=O) groups excluding carboxylic acids is 2. The van der Waals surface area contributed by atoms with Gasteiger partial charge in [-0.2, -0.15) is 0 Å². The molecule has 0 aliphatic carbocycles. The standard InChI is InChI=1S/C41H80O5/c1-4-5-6-7-8-9-10-11-12-13-14-15-16-19-22-25-28-31-34-40(43)45-37-39(36-42)46-41(44)35-32-29-26-23-20-17-18-21-24-27-30-33-38(2)3/h38-39,42H,4-37H2,1-3H3/t39-/m0/s1. The van der Waals surface area contributed by atoms with E-state index < -0.39 is 6.10 Å². The van der Waals surface area contributed by atoms with E-state index in [0.717, 1.165) is 38.0 Å². The topological polar surface area (TPSA) is 72.8 Å². The molecular weight excluding hydrogens is 572 g/mol. The molecule has 5 nitrogen and oxygen atoms in total. The molecule has 0 rings (SSSR count). The predicted octanol–water partition coefficient (Wildman–Crippen LogP) is 12.6. The highest BCUT2D eigenvalue weighted by atomic mass is 16.6.